The molecule has 0 amide bonds. The van der Waals surface area contributed by atoms with Crippen molar-refractivity contribution < 1.29 is 14.2 Å². The summed E-state index contributed by atoms with van der Waals surface area (Å²) in [6, 6.07) is 5.39. The Bertz CT molecular complexity index is 411. The molecule has 0 bridgehead atoms. The fourth-order valence-electron chi connectivity index (χ4n) is 0.878. The van der Waals surface area contributed by atoms with Gasteiger partial charge in [-0.2, -0.15) is 5.26 Å². The zero-order valence-corrected chi connectivity index (χ0v) is 6.15. The molecule has 0 saturated carbocycles. The molecule has 3 nitrogen and oxygen atoms in total. The van der Waals surface area contributed by atoms with E-state index in [4.69, 9.17) is 19.4 Å². The van der Waals surface area contributed by atoms with Crippen LogP contribution in [-0.2, 0) is 0 Å². The number of hydrogen-bond acceptors (Lipinski definition) is 3. The van der Waals surface area contributed by atoms with Gasteiger partial charge in [-0.15, -0.1) is 0 Å². The van der Waals surface area contributed by atoms with Gasteiger partial charge in [0.15, 0.2) is 0 Å². The van der Waals surface area contributed by atoms with E-state index in [1.54, 1.807) is 6.07 Å². The maximum atomic E-state index is 8.95. The van der Waals surface area contributed by atoms with E-state index in [2.05, 4.69) is 0 Å². The van der Waals surface area contributed by atoms with Gasteiger partial charge in [0.1, 0.15) is 0 Å². The fraction of sp³-hybridized carbons (Fsp3) is 0.125. The Morgan fingerprint density at radius 1 is 1.58 bits per heavy atom. The Hall–Kier alpha value is -1.31. The highest BCUT2D eigenvalue weighted by atomic mass is 16.4. The molecular weight excluding hydrogens is 153 g/mol. The second-order valence-corrected chi connectivity index (χ2v) is 2.29. The van der Waals surface area contributed by atoms with E-state index >= 15 is 0 Å². The predicted octanol–water partition coefficient (Wildman–Crippen LogP) is -0.453. The van der Waals surface area contributed by atoms with E-state index < -0.39 is 14.0 Å². The molecule has 4 heteroatoms. The van der Waals surface area contributed by atoms with E-state index in [-0.39, 0.29) is 16.6 Å². The van der Waals surface area contributed by atoms with Crippen LogP contribution in [0, 0.1) is 18.2 Å². The summed E-state index contributed by atoms with van der Waals surface area (Å²) in [5.74, 6) is 0. The van der Waals surface area contributed by atoms with Crippen molar-refractivity contribution in [1.82, 2.24) is 0 Å². The fourth-order valence-corrected chi connectivity index (χ4v) is 0.878. The van der Waals surface area contributed by atoms with Crippen LogP contribution in [0.2, 0.25) is 0 Å². The Labute approximate surface area is 75.2 Å². The van der Waals surface area contributed by atoms with E-state index in [1.807, 2.05) is 0 Å². The van der Waals surface area contributed by atoms with Crippen LogP contribution in [0.15, 0.2) is 18.2 Å². The number of nitriles is 1. The largest absolute Gasteiger partial charge is 0.489 e. The summed E-state index contributed by atoms with van der Waals surface area (Å²) >= 11 is 0. The molecule has 0 radical (unpaired) electrons. The third-order valence-corrected chi connectivity index (χ3v) is 1.45. The average Bonchev–Trinajstić information content (AvgIpc) is 2.15. The second kappa shape index (κ2) is 3.39. The maximum Gasteiger partial charge on any atom is 0.489 e. The van der Waals surface area contributed by atoms with Gasteiger partial charge in [0.2, 0.25) is 0 Å². The lowest BCUT2D eigenvalue weighted by Crippen LogP contribution is -2.32. The zero-order chi connectivity index (χ0) is 11.6. The van der Waals surface area contributed by atoms with Crippen LogP contribution in [0.3, 0.4) is 0 Å². The maximum absolute atomic E-state index is 8.95. The molecule has 0 unspecified atom stereocenters. The van der Waals surface area contributed by atoms with Crippen molar-refractivity contribution in [2.24, 2.45) is 0 Å². The van der Waals surface area contributed by atoms with Crippen molar-refractivity contribution in [2.45, 2.75) is 6.85 Å². The van der Waals surface area contributed by atoms with Crippen molar-refractivity contribution in [3.63, 3.8) is 0 Å². The molecule has 1 aromatic carbocycles. The van der Waals surface area contributed by atoms with Gasteiger partial charge < -0.3 is 10.0 Å². The highest BCUT2D eigenvalue weighted by Gasteiger charge is 2.15. The molecule has 12 heavy (non-hydrogen) atoms. The van der Waals surface area contributed by atoms with E-state index in [0.29, 0.717) is 0 Å². The van der Waals surface area contributed by atoms with Gasteiger partial charge in [0.05, 0.1) is 11.6 Å². The number of nitrogens with zero attached hydrogens (tertiary/aromatic N) is 1. The Kier molecular flexibility index (Phi) is 1.52. The first-order chi connectivity index (χ1) is 6.86. The van der Waals surface area contributed by atoms with Gasteiger partial charge in [-0.25, -0.2) is 0 Å². The minimum absolute atomic E-state index is 0.0235. The molecule has 1 rings (SSSR count). The smallest absolute Gasteiger partial charge is 0.423 e. The van der Waals surface area contributed by atoms with Gasteiger partial charge >= 0.3 is 7.12 Å². The van der Waals surface area contributed by atoms with E-state index in [1.165, 1.54) is 12.1 Å². The van der Waals surface area contributed by atoms with Crippen LogP contribution in [0.5, 0.6) is 0 Å². The Morgan fingerprint density at radius 3 is 2.83 bits per heavy atom. The Balaban J connectivity index is 3.30. The molecule has 0 fully saturated rings. The summed E-state index contributed by atoms with van der Waals surface area (Å²) < 4.78 is 21.4. The highest BCUT2D eigenvalue weighted by Crippen LogP contribution is 1.99. The van der Waals surface area contributed by atoms with E-state index in [0.717, 1.165) is 6.07 Å². The number of hydrogen-bond donors (Lipinski definition) is 2. The van der Waals surface area contributed by atoms with Gasteiger partial charge in [0, 0.05) is 9.58 Å². The van der Waals surface area contributed by atoms with Crippen LogP contribution >= 0.6 is 0 Å². The van der Waals surface area contributed by atoms with Crippen LogP contribution in [0.25, 0.3) is 0 Å². The lowest BCUT2D eigenvalue weighted by atomic mass is 9.76. The van der Waals surface area contributed by atoms with Crippen molar-refractivity contribution in [1.29, 1.82) is 5.26 Å². The van der Waals surface area contributed by atoms with Crippen LogP contribution < -0.4 is 5.46 Å². The molecule has 0 spiro atoms. The molecule has 0 atom stereocenters. The third kappa shape index (κ3) is 1.64. The van der Waals surface area contributed by atoms with Crippen LogP contribution in [0.4, 0.5) is 0 Å². The first kappa shape index (κ1) is 5.36. The first-order valence-electron chi connectivity index (χ1n) is 4.77. The summed E-state index contributed by atoms with van der Waals surface area (Å²) in [6.07, 6.45) is 0. The molecule has 0 aliphatic carbocycles. The van der Waals surface area contributed by atoms with Crippen molar-refractivity contribution >= 4 is 12.6 Å². The zero-order valence-electron chi connectivity index (χ0n) is 9.15. The molecule has 0 aliphatic heterocycles. The van der Waals surface area contributed by atoms with E-state index in [9.17, 15) is 0 Å². The third-order valence-electron chi connectivity index (χ3n) is 1.45. The molecule has 0 aliphatic rings. The molecule has 0 saturated heterocycles. The molecule has 2 N–H and O–H groups in total. The molecule has 0 heterocycles. The minimum atomic E-state index is -2.32. The topological polar surface area (TPSA) is 64.2 Å². The average molecular weight is 164 g/mol. The predicted molar refractivity (Wildman–Crippen MR) is 45.7 cm³/mol. The summed E-state index contributed by atoms with van der Waals surface area (Å²) in [4.78, 5) is 0. The molecular formula is C8H8BNO2. The molecule has 1 aromatic rings. The van der Waals surface area contributed by atoms with Crippen molar-refractivity contribution in [2.75, 3.05) is 0 Å². The summed E-state index contributed by atoms with van der Waals surface area (Å²) in [6.45, 7) is -2.32. The first-order valence-corrected chi connectivity index (χ1v) is 3.27. The van der Waals surface area contributed by atoms with Crippen molar-refractivity contribution in [3.8, 4) is 6.07 Å². The lowest BCUT2D eigenvalue weighted by molar-refractivity contribution is 0.425. The van der Waals surface area contributed by atoms with Gasteiger partial charge in [0.25, 0.3) is 0 Å². The van der Waals surface area contributed by atoms with Gasteiger partial charge in [-0.05, 0) is 12.9 Å². The highest BCUT2D eigenvalue weighted by molar-refractivity contribution is 6.59. The van der Waals surface area contributed by atoms with Crippen molar-refractivity contribution in [3.05, 3.63) is 29.3 Å². The number of rotatable bonds is 1. The minimum Gasteiger partial charge on any atom is -0.423 e. The van der Waals surface area contributed by atoms with Gasteiger partial charge in [-0.3, -0.25) is 0 Å². The number of aryl methyl sites for hydroxylation is 1. The lowest BCUT2D eigenvalue weighted by Gasteiger charge is -2.02. The second-order valence-electron chi connectivity index (χ2n) is 2.29. The number of benzene rings is 1. The van der Waals surface area contributed by atoms with Gasteiger partial charge in [-0.1, -0.05) is 17.7 Å². The summed E-state index contributed by atoms with van der Waals surface area (Å²) in [5, 5.41) is 26.5. The summed E-state index contributed by atoms with van der Waals surface area (Å²) in [7, 11) is -1.85. The van der Waals surface area contributed by atoms with Crippen LogP contribution in [-0.4, -0.2) is 17.2 Å². The Morgan fingerprint density at radius 2 is 2.33 bits per heavy atom. The normalized spacial score (nSPS) is 13.9. The standard InChI is InChI=1S/C8H8BNO2/c1-6-2-3-7(5-10)8(4-6)9(11)12/h2-4,11-12H,1H3/i1D3. The van der Waals surface area contributed by atoms with Crippen LogP contribution in [0.1, 0.15) is 15.2 Å². The molecule has 60 valence electrons. The SMILES string of the molecule is [2H]C([2H])([2H])c1ccc(C#N)c(B(O)O)c1. The quantitative estimate of drug-likeness (QED) is 0.552. The summed E-state index contributed by atoms with van der Waals surface area (Å²) in [5.41, 5.74) is -0.0614. The molecule has 0 aromatic heterocycles. The monoisotopic (exact) mass is 164 g/mol.